The Kier molecular flexibility index (Phi) is 8.02. The van der Waals surface area contributed by atoms with Gasteiger partial charge in [0.2, 0.25) is 0 Å². The van der Waals surface area contributed by atoms with Crippen molar-refractivity contribution in [2.45, 2.75) is 45.4 Å². The summed E-state index contributed by atoms with van der Waals surface area (Å²) in [7, 11) is 0. The van der Waals surface area contributed by atoms with E-state index in [4.69, 9.17) is 19.7 Å². The van der Waals surface area contributed by atoms with Gasteiger partial charge < -0.3 is 24.8 Å². The summed E-state index contributed by atoms with van der Waals surface area (Å²) in [4.78, 5) is 0. The Hall–Kier alpha value is -0.200. The predicted octanol–water partition coefficient (Wildman–Crippen LogP) is -0.163. The average Bonchev–Trinajstić information content (AvgIpc) is 2.22. The summed E-state index contributed by atoms with van der Waals surface area (Å²) < 4.78 is 9.73. The first-order valence-electron chi connectivity index (χ1n) is 4.87. The van der Waals surface area contributed by atoms with E-state index in [0.717, 1.165) is 0 Å². The first-order chi connectivity index (χ1) is 6.60. The van der Waals surface area contributed by atoms with E-state index in [1.807, 2.05) is 0 Å². The van der Waals surface area contributed by atoms with E-state index in [1.54, 1.807) is 13.8 Å². The van der Waals surface area contributed by atoms with Crippen molar-refractivity contribution >= 4 is 0 Å². The number of rotatable bonds is 8. The quantitative estimate of drug-likeness (QED) is 0.483. The second-order valence-electron chi connectivity index (χ2n) is 3.05. The molecule has 0 saturated carbocycles. The van der Waals surface area contributed by atoms with Crippen molar-refractivity contribution in [3.63, 3.8) is 0 Å². The van der Waals surface area contributed by atoms with E-state index in [9.17, 15) is 5.11 Å². The highest BCUT2D eigenvalue weighted by Gasteiger charge is 2.10. The van der Waals surface area contributed by atoms with Crippen LogP contribution in [0.15, 0.2) is 0 Å². The SMILES string of the molecule is CCC(O)OCC(O)COC(O)CC. The predicted molar refractivity (Wildman–Crippen MR) is 50.5 cm³/mol. The highest BCUT2D eigenvalue weighted by atomic mass is 16.6. The number of hydrogen-bond donors (Lipinski definition) is 3. The molecule has 0 aliphatic heterocycles. The van der Waals surface area contributed by atoms with Gasteiger partial charge in [-0.15, -0.1) is 0 Å². The van der Waals surface area contributed by atoms with Crippen molar-refractivity contribution in [2.75, 3.05) is 13.2 Å². The van der Waals surface area contributed by atoms with Crippen LogP contribution in [-0.4, -0.2) is 47.2 Å². The molecule has 0 radical (unpaired) electrons. The van der Waals surface area contributed by atoms with E-state index in [0.29, 0.717) is 12.8 Å². The minimum atomic E-state index is -0.847. The summed E-state index contributed by atoms with van der Waals surface area (Å²) in [5, 5.41) is 27.3. The number of aliphatic hydroxyl groups is 3. The number of hydrogen-bond acceptors (Lipinski definition) is 5. The minimum absolute atomic E-state index is 0.00540. The van der Waals surface area contributed by atoms with Crippen LogP contribution in [0.25, 0.3) is 0 Å². The van der Waals surface area contributed by atoms with Crippen LogP contribution in [0.3, 0.4) is 0 Å². The standard InChI is InChI=1S/C9H20O5/c1-3-8(11)13-5-7(10)6-14-9(12)4-2/h7-12H,3-6H2,1-2H3. The van der Waals surface area contributed by atoms with Gasteiger partial charge in [-0.25, -0.2) is 0 Å². The molecule has 0 aromatic heterocycles. The molecule has 0 aliphatic carbocycles. The normalized spacial score (nSPS) is 17.8. The molecule has 0 aromatic carbocycles. The van der Waals surface area contributed by atoms with Crippen LogP contribution in [-0.2, 0) is 9.47 Å². The molecule has 2 atom stereocenters. The fraction of sp³-hybridized carbons (Fsp3) is 1.00. The van der Waals surface area contributed by atoms with E-state index >= 15 is 0 Å². The molecule has 5 heteroatoms. The van der Waals surface area contributed by atoms with Gasteiger partial charge in [-0.3, -0.25) is 0 Å². The molecule has 14 heavy (non-hydrogen) atoms. The van der Waals surface area contributed by atoms with Gasteiger partial charge in [-0.1, -0.05) is 13.8 Å². The molecule has 86 valence electrons. The highest BCUT2D eigenvalue weighted by Crippen LogP contribution is 1.98. The smallest absolute Gasteiger partial charge is 0.154 e. The fourth-order valence-corrected chi connectivity index (χ4v) is 0.728. The van der Waals surface area contributed by atoms with Crippen LogP contribution in [0.1, 0.15) is 26.7 Å². The number of ether oxygens (including phenoxy) is 2. The molecular formula is C9H20O5. The van der Waals surface area contributed by atoms with Crippen molar-refractivity contribution in [3.05, 3.63) is 0 Å². The Morgan fingerprint density at radius 2 is 1.21 bits per heavy atom. The van der Waals surface area contributed by atoms with Gasteiger partial charge in [0.1, 0.15) is 6.10 Å². The van der Waals surface area contributed by atoms with Gasteiger partial charge in [0.25, 0.3) is 0 Å². The van der Waals surface area contributed by atoms with Crippen LogP contribution in [0.2, 0.25) is 0 Å². The summed E-state index contributed by atoms with van der Waals surface area (Å²) in [5.74, 6) is 0. The molecule has 0 rings (SSSR count). The molecule has 0 aromatic rings. The molecule has 2 unspecified atom stereocenters. The monoisotopic (exact) mass is 208 g/mol. The van der Waals surface area contributed by atoms with E-state index in [2.05, 4.69) is 0 Å². The van der Waals surface area contributed by atoms with Gasteiger partial charge in [0, 0.05) is 0 Å². The number of aliphatic hydroxyl groups excluding tert-OH is 3. The Morgan fingerprint density at radius 3 is 1.50 bits per heavy atom. The second kappa shape index (κ2) is 8.14. The molecule has 0 spiro atoms. The molecule has 0 amide bonds. The largest absolute Gasteiger partial charge is 0.388 e. The fourth-order valence-electron chi connectivity index (χ4n) is 0.728. The topological polar surface area (TPSA) is 79.2 Å². The summed E-state index contributed by atoms with van der Waals surface area (Å²) in [6.45, 7) is 3.56. The van der Waals surface area contributed by atoms with E-state index in [-0.39, 0.29) is 13.2 Å². The van der Waals surface area contributed by atoms with Crippen molar-refractivity contribution in [2.24, 2.45) is 0 Å². The zero-order valence-electron chi connectivity index (χ0n) is 8.72. The zero-order chi connectivity index (χ0) is 11.0. The van der Waals surface area contributed by atoms with Gasteiger partial charge in [0.05, 0.1) is 13.2 Å². The van der Waals surface area contributed by atoms with E-state index < -0.39 is 18.7 Å². The molecule has 0 fully saturated rings. The lowest BCUT2D eigenvalue weighted by molar-refractivity contribution is -0.156. The first kappa shape index (κ1) is 13.8. The Balaban J connectivity index is 3.40. The highest BCUT2D eigenvalue weighted by molar-refractivity contribution is 4.52. The Labute approximate surface area is 84.3 Å². The average molecular weight is 208 g/mol. The van der Waals surface area contributed by atoms with Crippen LogP contribution in [0.4, 0.5) is 0 Å². The van der Waals surface area contributed by atoms with Gasteiger partial charge in [-0.05, 0) is 12.8 Å². The van der Waals surface area contributed by atoms with Crippen molar-refractivity contribution < 1.29 is 24.8 Å². The lowest BCUT2D eigenvalue weighted by Crippen LogP contribution is -2.27. The van der Waals surface area contributed by atoms with Gasteiger partial charge >= 0.3 is 0 Å². The van der Waals surface area contributed by atoms with Crippen LogP contribution < -0.4 is 0 Å². The molecule has 0 saturated heterocycles. The van der Waals surface area contributed by atoms with Crippen LogP contribution in [0, 0.1) is 0 Å². The summed E-state index contributed by atoms with van der Waals surface area (Å²) in [5.41, 5.74) is 0. The Morgan fingerprint density at radius 1 is 0.857 bits per heavy atom. The maximum Gasteiger partial charge on any atom is 0.154 e. The Bertz CT molecular complexity index is 116. The van der Waals surface area contributed by atoms with Crippen molar-refractivity contribution in [3.8, 4) is 0 Å². The first-order valence-corrected chi connectivity index (χ1v) is 4.87. The molecular weight excluding hydrogens is 188 g/mol. The molecule has 0 heterocycles. The molecule has 0 bridgehead atoms. The maximum absolute atomic E-state index is 9.27. The van der Waals surface area contributed by atoms with Crippen molar-refractivity contribution in [1.29, 1.82) is 0 Å². The second-order valence-corrected chi connectivity index (χ2v) is 3.05. The third-order valence-corrected chi connectivity index (χ3v) is 1.66. The van der Waals surface area contributed by atoms with Gasteiger partial charge in [-0.2, -0.15) is 0 Å². The third kappa shape index (κ3) is 7.23. The lowest BCUT2D eigenvalue weighted by atomic mass is 10.4. The minimum Gasteiger partial charge on any atom is -0.388 e. The van der Waals surface area contributed by atoms with Crippen LogP contribution >= 0.6 is 0 Å². The lowest BCUT2D eigenvalue weighted by Gasteiger charge is -2.16. The molecule has 0 aliphatic rings. The van der Waals surface area contributed by atoms with Gasteiger partial charge in [0.15, 0.2) is 12.6 Å². The van der Waals surface area contributed by atoms with Crippen molar-refractivity contribution in [1.82, 2.24) is 0 Å². The van der Waals surface area contributed by atoms with Crippen LogP contribution in [0.5, 0.6) is 0 Å². The summed E-state index contributed by atoms with van der Waals surface area (Å²) in [6.07, 6.45) is -1.56. The molecule has 5 nitrogen and oxygen atoms in total. The maximum atomic E-state index is 9.27. The third-order valence-electron chi connectivity index (χ3n) is 1.66. The summed E-state index contributed by atoms with van der Waals surface area (Å²) >= 11 is 0. The zero-order valence-corrected chi connectivity index (χ0v) is 8.72. The summed E-state index contributed by atoms with van der Waals surface area (Å²) in [6, 6.07) is 0. The molecule has 3 N–H and O–H groups in total. The van der Waals surface area contributed by atoms with E-state index in [1.165, 1.54) is 0 Å².